The predicted molar refractivity (Wildman–Crippen MR) is 99.8 cm³/mol. The molecular formula is C16H25IN4O2. The maximum absolute atomic E-state index is 11.9. The Morgan fingerprint density at radius 1 is 1.39 bits per heavy atom. The smallest absolute Gasteiger partial charge is 0.239 e. The van der Waals surface area contributed by atoms with Gasteiger partial charge in [-0.1, -0.05) is 6.42 Å². The molecule has 1 aliphatic heterocycles. The molecule has 0 atom stereocenters. The van der Waals surface area contributed by atoms with Gasteiger partial charge in [0, 0.05) is 20.1 Å². The number of halogens is 1. The van der Waals surface area contributed by atoms with E-state index in [-0.39, 0.29) is 36.4 Å². The van der Waals surface area contributed by atoms with Gasteiger partial charge >= 0.3 is 0 Å². The van der Waals surface area contributed by atoms with Gasteiger partial charge in [0.25, 0.3) is 0 Å². The SMILES string of the molecule is CN=C(NCC(=O)NCc1ccco1)N1CCC2(CCC2)C1.I. The molecule has 128 valence electrons. The Labute approximate surface area is 154 Å². The van der Waals surface area contributed by atoms with Gasteiger partial charge in [-0.05, 0) is 36.8 Å². The van der Waals surface area contributed by atoms with Crippen LogP contribution in [0, 0.1) is 5.41 Å². The Balaban J connectivity index is 0.00000192. The summed E-state index contributed by atoms with van der Waals surface area (Å²) < 4.78 is 5.19. The summed E-state index contributed by atoms with van der Waals surface area (Å²) >= 11 is 0. The van der Waals surface area contributed by atoms with Gasteiger partial charge in [-0.2, -0.15) is 0 Å². The van der Waals surface area contributed by atoms with Crippen molar-refractivity contribution in [3.63, 3.8) is 0 Å². The summed E-state index contributed by atoms with van der Waals surface area (Å²) in [6, 6.07) is 3.65. The average Bonchev–Trinajstić information content (AvgIpc) is 3.15. The predicted octanol–water partition coefficient (Wildman–Crippen LogP) is 1.97. The number of likely N-dealkylation sites (tertiary alicyclic amines) is 1. The van der Waals surface area contributed by atoms with Crippen LogP contribution in [0.25, 0.3) is 0 Å². The molecule has 6 nitrogen and oxygen atoms in total. The molecule has 2 N–H and O–H groups in total. The van der Waals surface area contributed by atoms with Crippen LogP contribution in [0.1, 0.15) is 31.4 Å². The molecule has 0 unspecified atom stereocenters. The third-order valence-electron chi connectivity index (χ3n) is 4.81. The van der Waals surface area contributed by atoms with E-state index in [1.54, 1.807) is 13.3 Å². The first-order valence-corrected chi connectivity index (χ1v) is 7.95. The number of hydrogen-bond acceptors (Lipinski definition) is 3. The second-order valence-corrected chi connectivity index (χ2v) is 6.28. The van der Waals surface area contributed by atoms with Crippen molar-refractivity contribution in [2.24, 2.45) is 10.4 Å². The van der Waals surface area contributed by atoms with E-state index in [0.717, 1.165) is 24.8 Å². The number of hydrogen-bond donors (Lipinski definition) is 2. The lowest BCUT2D eigenvalue weighted by Crippen LogP contribution is -2.45. The van der Waals surface area contributed by atoms with Crippen molar-refractivity contribution in [2.45, 2.75) is 32.2 Å². The molecule has 2 aliphatic rings. The van der Waals surface area contributed by atoms with Crippen molar-refractivity contribution in [1.29, 1.82) is 0 Å². The van der Waals surface area contributed by atoms with Crippen LogP contribution in [0.5, 0.6) is 0 Å². The summed E-state index contributed by atoms with van der Waals surface area (Å²) in [5.74, 6) is 1.52. The third kappa shape index (κ3) is 4.39. The maximum Gasteiger partial charge on any atom is 0.239 e. The largest absolute Gasteiger partial charge is 0.467 e. The highest BCUT2D eigenvalue weighted by Crippen LogP contribution is 2.47. The molecule has 23 heavy (non-hydrogen) atoms. The van der Waals surface area contributed by atoms with Crippen molar-refractivity contribution in [3.05, 3.63) is 24.2 Å². The number of carbonyl (C=O) groups excluding carboxylic acids is 1. The molecule has 1 saturated carbocycles. The van der Waals surface area contributed by atoms with E-state index < -0.39 is 0 Å². The molecule has 0 radical (unpaired) electrons. The van der Waals surface area contributed by atoms with E-state index in [9.17, 15) is 4.79 Å². The van der Waals surface area contributed by atoms with Gasteiger partial charge in [-0.15, -0.1) is 24.0 Å². The molecule has 0 bridgehead atoms. The lowest BCUT2D eigenvalue weighted by Gasteiger charge is -2.38. The molecule has 1 spiro atoms. The monoisotopic (exact) mass is 432 g/mol. The fourth-order valence-electron chi connectivity index (χ4n) is 3.35. The zero-order chi connectivity index (χ0) is 15.4. The Morgan fingerprint density at radius 3 is 2.78 bits per heavy atom. The van der Waals surface area contributed by atoms with Gasteiger partial charge in [0.1, 0.15) is 5.76 Å². The Kier molecular flexibility index (Phi) is 6.32. The normalized spacial score (nSPS) is 19.2. The first-order chi connectivity index (χ1) is 10.7. The van der Waals surface area contributed by atoms with Gasteiger partial charge in [0.2, 0.25) is 5.91 Å². The van der Waals surface area contributed by atoms with Crippen LogP contribution in [0.3, 0.4) is 0 Å². The van der Waals surface area contributed by atoms with E-state index in [4.69, 9.17) is 4.42 Å². The number of carbonyl (C=O) groups is 1. The van der Waals surface area contributed by atoms with Crippen molar-refractivity contribution in [1.82, 2.24) is 15.5 Å². The second-order valence-electron chi connectivity index (χ2n) is 6.28. The summed E-state index contributed by atoms with van der Waals surface area (Å²) in [5.41, 5.74) is 0.527. The summed E-state index contributed by atoms with van der Waals surface area (Å²) in [6.45, 7) is 2.75. The zero-order valence-corrected chi connectivity index (χ0v) is 15.8. The van der Waals surface area contributed by atoms with Crippen molar-refractivity contribution >= 4 is 35.8 Å². The first kappa shape index (κ1) is 18.1. The summed E-state index contributed by atoms with van der Waals surface area (Å²) in [4.78, 5) is 18.5. The van der Waals surface area contributed by atoms with Crippen LogP contribution >= 0.6 is 24.0 Å². The molecule has 1 aliphatic carbocycles. The van der Waals surface area contributed by atoms with Crippen LogP contribution in [0.4, 0.5) is 0 Å². The molecule has 7 heteroatoms. The highest BCUT2D eigenvalue weighted by Gasteiger charge is 2.43. The number of aliphatic imine (C=N–C) groups is 1. The van der Waals surface area contributed by atoms with Crippen LogP contribution in [-0.4, -0.2) is 43.4 Å². The minimum Gasteiger partial charge on any atom is -0.467 e. The molecule has 3 rings (SSSR count). The van der Waals surface area contributed by atoms with Gasteiger partial charge in [0.05, 0.1) is 19.4 Å². The van der Waals surface area contributed by atoms with E-state index in [0.29, 0.717) is 12.0 Å². The molecule has 2 fully saturated rings. The van der Waals surface area contributed by atoms with Crippen LogP contribution < -0.4 is 10.6 Å². The van der Waals surface area contributed by atoms with Gasteiger partial charge < -0.3 is 20.0 Å². The van der Waals surface area contributed by atoms with Gasteiger partial charge in [0.15, 0.2) is 5.96 Å². The van der Waals surface area contributed by atoms with E-state index in [1.807, 2.05) is 12.1 Å². The Morgan fingerprint density at radius 2 is 2.22 bits per heavy atom. The molecule has 1 amide bonds. The zero-order valence-electron chi connectivity index (χ0n) is 13.5. The standard InChI is InChI=1S/C16H24N4O2.HI/c1-17-15(20-8-7-16(12-20)5-3-6-16)19-11-14(21)18-10-13-4-2-9-22-13;/h2,4,9H,3,5-8,10-12H2,1H3,(H,17,19)(H,18,21);1H. The van der Waals surface area contributed by atoms with E-state index in [1.165, 1.54) is 25.7 Å². The maximum atomic E-state index is 11.9. The Hall–Kier alpha value is -1.25. The number of nitrogens with zero attached hydrogens (tertiary/aromatic N) is 2. The van der Waals surface area contributed by atoms with E-state index >= 15 is 0 Å². The summed E-state index contributed by atoms with van der Waals surface area (Å²) in [5, 5.41) is 5.99. The highest BCUT2D eigenvalue weighted by molar-refractivity contribution is 14.0. The third-order valence-corrected chi connectivity index (χ3v) is 4.81. The molecule has 1 aromatic heterocycles. The molecule has 2 heterocycles. The van der Waals surface area contributed by atoms with Crippen LogP contribution in [0.2, 0.25) is 0 Å². The van der Waals surface area contributed by atoms with Crippen molar-refractivity contribution in [2.75, 3.05) is 26.7 Å². The molecular weight excluding hydrogens is 407 g/mol. The topological polar surface area (TPSA) is 69.9 Å². The van der Waals surface area contributed by atoms with E-state index in [2.05, 4.69) is 20.5 Å². The lowest BCUT2D eigenvalue weighted by molar-refractivity contribution is -0.120. The van der Waals surface area contributed by atoms with Crippen LogP contribution in [-0.2, 0) is 11.3 Å². The second kappa shape index (κ2) is 8.03. The fourth-order valence-corrected chi connectivity index (χ4v) is 3.35. The lowest BCUT2D eigenvalue weighted by atomic mass is 9.68. The molecule has 0 aromatic carbocycles. The summed E-state index contributed by atoms with van der Waals surface area (Å²) in [7, 11) is 1.77. The van der Waals surface area contributed by atoms with Gasteiger partial charge in [-0.3, -0.25) is 9.79 Å². The molecule has 1 aromatic rings. The fraction of sp³-hybridized carbons (Fsp3) is 0.625. The Bertz CT molecular complexity index is 540. The van der Waals surface area contributed by atoms with Gasteiger partial charge in [-0.25, -0.2) is 0 Å². The summed E-state index contributed by atoms with van der Waals surface area (Å²) in [6.07, 6.45) is 6.88. The minimum absolute atomic E-state index is 0. The number of amides is 1. The number of furan rings is 1. The first-order valence-electron chi connectivity index (χ1n) is 7.95. The van der Waals surface area contributed by atoms with Crippen molar-refractivity contribution < 1.29 is 9.21 Å². The number of nitrogens with one attached hydrogen (secondary N) is 2. The number of rotatable bonds is 4. The van der Waals surface area contributed by atoms with Crippen molar-refractivity contribution in [3.8, 4) is 0 Å². The molecule has 1 saturated heterocycles. The highest BCUT2D eigenvalue weighted by atomic mass is 127. The average molecular weight is 432 g/mol. The number of guanidine groups is 1. The minimum atomic E-state index is -0.0601. The quantitative estimate of drug-likeness (QED) is 0.434. The van der Waals surface area contributed by atoms with Crippen LogP contribution in [0.15, 0.2) is 27.8 Å².